The van der Waals surface area contributed by atoms with E-state index in [1.165, 1.54) is 6.21 Å². The van der Waals surface area contributed by atoms with Crippen molar-refractivity contribution in [2.75, 3.05) is 18.8 Å². The van der Waals surface area contributed by atoms with E-state index in [0.717, 1.165) is 37.1 Å². The molecule has 3 heterocycles. The summed E-state index contributed by atoms with van der Waals surface area (Å²) in [5.41, 5.74) is 8.91. The second-order valence-corrected chi connectivity index (χ2v) is 6.41. The normalized spacial score (nSPS) is 16.8. The van der Waals surface area contributed by atoms with Crippen LogP contribution in [0, 0.1) is 5.41 Å². The molecule has 0 amide bonds. The Labute approximate surface area is 136 Å². The molecule has 3 rings (SSSR count). The van der Waals surface area contributed by atoms with Crippen LogP contribution in [-0.2, 0) is 0 Å². The molecule has 0 bridgehead atoms. The van der Waals surface area contributed by atoms with Gasteiger partial charge in [0.05, 0.1) is 17.9 Å². The minimum atomic E-state index is 0.463. The van der Waals surface area contributed by atoms with Crippen molar-refractivity contribution in [1.82, 2.24) is 19.7 Å². The minimum absolute atomic E-state index is 0.463. The molecule has 0 aliphatic carbocycles. The van der Waals surface area contributed by atoms with Gasteiger partial charge < -0.3 is 16.0 Å². The summed E-state index contributed by atoms with van der Waals surface area (Å²) in [4.78, 5) is 6.73. The highest BCUT2D eigenvalue weighted by atomic mass is 15.3. The molecule has 23 heavy (non-hydrogen) atoms. The van der Waals surface area contributed by atoms with Gasteiger partial charge in [-0.2, -0.15) is 5.10 Å². The van der Waals surface area contributed by atoms with Crippen LogP contribution in [-0.4, -0.2) is 45.0 Å². The first-order chi connectivity index (χ1) is 11.1. The highest BCUT2D eigenvalue weighted by molar-refractivity contribution is 5.83. The van der Waals surface area contributed by atoms with Crippen LogP contribution in [0.1, 0.15) is 38.4 Å². The van der Waals surface area contributed by atoms with E-state index in [2.05, 4.69) is 39.7 Å². The Bertz CT molecular complexity index is 682. The van der Waals surface area contributed by atoms with Crippen molar-refractivity contribution in [2.24, 2.45) is 0 Å². The molecule has 1 aliphatic heterocycles. The van der Waals surface area contributed by atoms with Crippen LogP contribution in [0.15, 0.2) is 24.7 Å². The summed E-state index contributed by atoms with van der Waals surface area (Å²) in [6.45, 7) is 6.75. The lowest BCUT2D eigenvalue weighted by Crippen LogP contribution is -2.39. The van der Waals surface area contributed by atoms with E-state index in [0.29, 0.717) is 23.5 Å². The van der Waals surface area contributed by atoms with E-state index < -0.39 is 0 Å². The molecule has 1 aliphatic rings. The lowest BCUT2D eigenvalue weighted by Gasteiger charge is -2.34. The second kappa shape index (κ2) is 6.50. The van der Waals surface area contributed by atoms with E-state index in [4.69, 9.17) is 11.1 Å². The maximum absolute atomic E-state index is 7.26. The first-order valence-corrected chi connectivity index (χ1v) is 8.13. The molecule has 6 heteroatoms. The Kier molecular flexibility index (Phi) is 4.43. The number of nitrogens with zero attached hydrogens (tertiary/aromatic N) is 4. The predicted octanol–water partition coefficient (Wildman–Crippen LogP) is 2.57. The second-order valence-electron chi connectivity index (χ2n) is 6.41. The van der Waals surface area contributed by atoms with E-state index in [9.17, 15) is 0 Å². The Balaban J connectivity index is 1.74. The van der Waals surface area contributed by atoms with Gasteiger partial charge >= 0.3 is 0 Å². The van der Waals surface area contributed by atoms with Crippen LogP contribution in [0.4, 0.5) is 5.69 Å². The summed E-state index contributed by atoms with van der Waals surface area (Å²) in [7, 11) is 0. The number of pyridine rings is 1. The monoisotopic (exact) mass is 312 g/mol. The summed E-state index contributed by atoms with van der Waals surface area (Å²) < 4.78 is 2.08. The summed E-state index contributed by atoms with van der Waals surface area (Å²) in [6.07, 6.45) is 9.13. The lowest BCUT2D eigenvalue weighted by atomic mass is 10.0. The summed E-state index contributed by atoms with van der Waals surface area (Å²) >= 11 is 0. The number of nitrogens with two attached hydrogens (primary N) is 1. The standard InChI is InChI=1S/C17H24N6/c1-12(2)22-5-3-15(4-6-22)23-11-14(10-21-23)13-7-16(19)17(8-18)20-9-13/h7-12,15,18H,3-6,19H2,1-2H3. The number of hydrogen-bond donors (Lipinski definition) is 2. The number of nitrogen functional groups attached to an aromatic ring is 1. The molecule has 1 fully saturated rings. The average molecular weight is 312 g/mol. The molecule has 0 spiro atoms. The smallest absolute Gasteiger partial charge is 0.103 e. The molecule has 2 aromatic heterocycles. The number of anilines is 1. The fourth-order valence-corrected chi connectivity index (χ4v) is 3.12. The number of nitrogens with one attached hydrogen (secondary N) is 1. The van der Waals surface area contributed by atoms with Gasteiger partial charge in [0, 0.05) is 48.9 Å². The Morgan fingerprint density at radius 3 is 2.61 bits per heavy atom. The molecule has 2 aromatic rings. The Morgan fingerprint density at radius 2 is 2.00 bits per heavy atom. The van der Waals surface area contributed by atoms with Crippen molar-refractivity contribution in [3.63, 3.8) is 0 Å². The number of hydrogen-bond acceptors (Lipinski definition) is 5. The predicted molar refractivity (Wildman–Crippen MR) is 92.7 cm³/mol. The SMILES string of the molecule is CC(C)N1CCC(n2cc(-c3cnc(C=N)c(N)c3)cn2)CC1. The van der Waals surface area contributed by atoms with Gasteiger partial charge in [0.15, 0.2) is 0 Å². The van der Waals surface area contributed by atoms with E-state index >= 15 is 0 Å². The molecule has 0 unspecified atom stereocenters. The largest absolute Gasteiger partial charge is 0.397 e. The van der Waals surface area contributed by atoms with Crippen molar-refractivity contribution in [3.05, 3.63) is 30.4 Å². The number of rotatable bonds is 4. The van der Waals surface area contributed by atoms with Crippen molar-refractivity contribution < 1.29 is 0 Å². The van der Waals surface area contributed by atoms with Crippen molar-refractivity contribution in [1.29, 1.82) is 5.41 Å². The zero-order valence-electron chi connectivity index (χ0n) is 13.7. The first kappa shape index (κ1) is 15.7. The van der Waals surface area contributed by atoms with Crippen LogP contribution in [0.3, 0.4) is 0 Å². The van der Waals surface area contributed by atoms with E-state index in [1.54, 1.807) is 6.20 Å². The zero-order valence-corrected chi connectivity index (χ0v) is 13.7. The molecule has 0 atom stereocenters. The van der Waals surface area contributed by atoms with Crippen LogP contribution in [0.2, 0.25) is 0 Å². The fraction of sp³-hybridized carbons (Fsp3) is 0.471. The third kappa shape index (κ3) is 3.27. The average Bonchev–Trinajstić information content (AvgIpc) is 3.05. The molecule has 1 saturated heterocycles. The molecule has 6 nitrogen and oxygen atoms in total. The molecule has 0 aromatic carbocycles. The van der Waals surface area contributed by atoms with Gasteiger partial charge in [-0.05, 0) is 32.8 Å². The summed E-state index contributed by atoms with van der Waals surface area (Å²) in [5.74, 6) is 0. The van der Waals surface area contributed by atoms with E-state index in [-0.39, 0.29) is 0 Å². The van der Waals surface area contributed by atoms with Crippen molar-refractivity contribution in [3.8, 4) is 11.1 Å². The Morgan fingerprint density at radius 1 is 1.26 bits per heavy atom. The van der Waals surface area contributed by atoms with Crippen molar-refractivity contribution in [2.45, 2.75) is 38.8 Å². The maximum Gasteiger partial charge on any atom is 0.103 e. The van der Waals surface area contributed by atoms with Gasteiger partial charge in [-0.3, -0.25) is 9.67 Å². The third-order valence-electron chi connectivity index (χ3n) is 4.62. The summed E-state index contributed by atoms with van der Waals surface area (Å²) in [5, 5.41) is 11.8. The van der Waals surface area contributed by atoms with Crippen molar-refractivity contribution >= 4 is 11.9 Å². The molecule has 0 saturated carbocycles. The minimum Gasteiger partial charge on any atom is -0.397 e. The van der Waals surface area contributed by atoms with Gasteiger partial charge in [0.2, 0.25) is 0 Å². The maximum atomic E-state index is 7.26. The molecule has 122 valence electrons. The van der Waals surface area contributed by atoms with Gasteiger partial charge in [0.1, 0.15) is 5.69 Å². The van der Waals surface area contributed by atoms with Crippen LogP contribution >= 0.6 is 0 Å². The highest BCUT2D eigenvalue weighted by Gasteiger charge is 2.22. The quantitative estimate of drug-likeness (QED) is 0.850. The van der Waals surface area contributed by atoms with Gasteiger partial charge in [-0.25, -0.2) is 0 Å². The first-order valence-electron chi connectivity index (χ1n) is 8.13. The molecular weight excluding hydrogens is 288 g/mol. The number of likely N-dealkylation sites (tertiary alicyclic amines) is 1. The molecule has 3 N–H and O–H groups in total. The van der Waals surface area contributed by atoms with Gasteiger partial charge in [0.25, 0.3) is 0 Å². The Hall–Kier alpha value is -2.21. The van der Waals surface area contributed by atoms with Gasteiger partial charge in [-0.1, -0.05) is 0 Å². The van der Waals surface area contributed by atoms with E-state index in [1.807, 2.05) is 12.3 Å². The van der Waals surface area contributed by atoms with Crippen LogP contribution < -0.4 is 5.73 Å². The number of piperidine rings is 1. The fourth-order valence-electron chi connectivity index (χ4n) is 3.12. The molecule has 0 radical (unpaired) electrons. The summed E-state index contributed by atoms with van der Waals surface area (Å²) in [6, 6.07) is 2.94. The van der Waals surface area contributed by atoms with Gasteiger partial charge in [-0.15, -0.1) is 0 Å². The third-order valence-corrected chi connectivity index (χ3v) is 4.62. The van der Waals surface area contributed by atoms with Crippen LogP contribution in [0.5, 0.6) is 0 Å². The topological polar surface area (TPSA) is 83.8 Å². The van der Waals surface area contributed by atoms with Crippen LogP contribution in [0.25, 0.3) is 11.1 Å². The highest BCUT2D eigenvalue weighted by Crippen LogP contribution is 2.26. The molecular formula is C17H24N6. The lowest BCUT2D eigenvalue weighted by molar-refractivity contribution is 0.147. The number of aromatic nitrogens is 3. The zero-order chi connectivity index (χ0) is 16.4.